The van der Waals surface area contributed by atoms with E-state index < -0.39 is 23.1 Å². The second-order valence-corrected chi connectivity index (χ2v) is 4.51. The molecule has 118 valence electrons. The lowest BCUT2D eigenvalue weighted by Gasteiger charge is -2.09. The van der Waals surface area contributed by atoms with Gasteiger partial charge in [0.1, 0.15) is 11.3 Å². The van der Waals surface area contributed by atoms with Gasteiger partial charge in [0.2, 0.25) is 0 Å². The molecule has 0 atom stereocenters. The highest BCUT2D eigenvalue weighted by Crippen LogP contribution is 2.25. The zero-order valence-electron chi connectivity index (χ0n) is 11.4. The van der Waals surface area contributed by atoms with Crippen molar-refractivity contribution in [2.75, 3.05) is 13.4 Å². The van der Waals surface area contributed by atoms with E-state index in [1.807, 2.05) is 0 Å². The molecule has 0 aliphatic rings. The molecule has 0 aliphatic carbocycles. The number of methoxy groups -OCH3 is 1. The molecule has 0 aliphatic heterocycles. The standard InChI is InChI=1S/C13H10F3NO4S/c1-19-8-4-3-7-5-9(12(18)20-10(7)6-8)11(13(14,15)16)17-21-22-2/h3-6H,1-2H3/b17-11+. The molecule has 0 spiro atoms. The second kappa shape index (κ2) is 6.30. The van der Waals surface area contributed by atoms with Crippen LogP contribution < -0.4 is 10.4 Å². The summed E-state index contributed by atoms with van der Waals surface area (Å²) in [6.07, 6.45) is -3.46. The molecule has 0 N–H and O–H groups in total. The van der Waals surface area contributed by atoms with Gasteiger partial charge in [-0.1, -0.05) is 5.16 Å². The SMILES string of the molecule is COc1ccc2cc(/C(=N\OSC)C(F)(F)F)c(=O)oc2c1. The van der Waals surface area contributed by atoms with Gasteiger partial charge in [0, 0.05) is 17.7 Å². The molecule has 0 bridgehead atoms. The van der Waals surface area contributed by atoms with E-state index in [1.165, 1.54) is 31.6 Å². The van der Waals surface area contributed by atoms with Crippen molar-refractivity contribution in [3.63, 3.8) is 0 Å². The lowest BCUT2D eigenvalue weighted by molar-refractivity contribution is -0.0597. The number of fused-ring (bicyclic) bond motifs is 1. The topological polar surface area (TPSA) is 61.0 Å². The first-order chi connectivity index (χ1) is 10.4. The van der Waals surface area contributed by atoms with Crippen molar-refractivity contribution in [1.29, 1.82) is 0 Å². The van der Waals surface area contributed by atoms with Crippen LogP contribution in [0.3, 0.4) is 0 Å². The third-order valence-corrected chi connectivity index (χ3v) is 2.89. The van der Waals surface area contributed by atoms with Gasteiger partial charge in [-0.3, -0.25) is 0 Å². The molecular weight excluding hydrogens is 323 g/mol. The number of alkyl halides is 3. The molecular formula is C13H10F3NO4S. The van der Waals surface area contributed by atoms with Crippen LogP contribution in [0.15, 0.2) is 38.6 Å². The first kappa shape index (κ1) is 16.2. The number of hydrogen-bond acceptors (Lipinski definition) is 6. The monoisotopic (exact) mass is 333 g/mol. The molecule has 0 unspecified atom stereocenters. The summed E-state index contributed by atoms with van der Waals surface area (Å²) in [5, 5.41) is 3.26. The van der Waals surface area contributed by atoms with Crippen LogP contribution in [-0.2, 0) is 4.28 Å². The van der Waals surface area contributed by atoms with Gasteiger partial charge in [0.15, 0.2) is 5.71 Å². The van der Waals surface area contributed by atoms with Crippen molar-refractivity contribution in [3.8, 4) is 5.75 Å². The Balaban J connectivity index is 2.63. The summed E-state index contributed by atoms with van der Waals surface area (Å²) < 4.78 is 53.3. The molecule has 2 aromatic rings. The van der Waals surface area contributed by atoms with Gasteiger partial charge >= 0.3 is 11.8 Å². The van der Waals surface area contributed by atoms with Crippen molar-refractivity contribution < 1.29 is 26.6 Å². The minimum Gasteiger partial charge on any atom is -0.497 e. The zero-order chi connectivity index (χ0) is 16.3. The van der Waals surface area contributed by atoms with E-state index in [1.54, 1.807) is 0 Å². The number of oxime groups is 1. The quantitative estimate of drug-likeness (QED) is 0.372. The number of ether oxygens (including phenoxy) is 1. The summed E-state index contributed by atoms with van der Waals surface area (Å²) in [6.45, 7) is 0. The van der Waals surface area contributed by atoms with Gasteiger partial charge in [-0.2, -0.15) is 13.2 Å². The van der Waals surface area contributed by atoms with Crippen LogP contribution in [0.5, 0.6) is 5.75 Å². The maximum Gasteiger partial charge on any atom is 0.437 e. The van der Waals surface area contributed by atoms with Crippen LogP contribution >= 0.6 is 12.0 Å². The van der Waals surface area contributed by atoms with Gasteiger partial charge in [0.25, 0.3) is 0 Å². The summed E-state index contributed by atoms with van der Waals surface area (Å²) in [6, 6.07) is 5.47. The van der Waals surface area contributed by atoms with Gasteiger partial charge in [0.05, 0.1) is 24.7 Å². The minimum atomic E-state index is -4.86. The highest BCUT2D eigenvalue weighted by molar-refractivity contribution is 7.93. The van der Waals surface area contributed by atoms with Gasteiger partial charge in [-0.05, 0) is 18.2 Å². The van der Waals surface area contributed by atoms with E-state index in [-0.39, 0.29) is 5.58 Å². The van der Waals surface area contributed by atoms with Crippen molar-refractivity contribution in [2.45, 2.75) is 6.18 Å². The van der Waals surface area contributed by atoms with Gasteiger partial charge in [-0.15, -0.1) is 0 Å². The summed E-state index contributed by atoms with van der Waals surface area (Å²) in [5.74, 6) is 0.416. The van der Waals surface area contributed by atoms with Crippen LogP contribution in [0.25, 0.3) is 11.0 Å². The molecule has 0 fully saturated rings. The minimum absolute atomic E-state index is 0.111. The molecule has 1 aromatic carbocycles. The van der Waals surface area contributed by atoms with E-state index in [2.05, 4.69) is 9.44 Å². The van der Waals surface area contributed by atoms with Crippen LogP contribution in [0.4, 0.5) is 13.2 Å². The largest absolute Gasteiger partial charge is 0.497 e. The number of rotatable bonds is 4. The molecule has 1 heterocycles. The van der Waals surface area contributed by atoms with E-state index in [0.717, 1.165) is 6.07 Å². The Morgan fingerprint density at radius 1 is 1.32 bits per heavy atom. The Morgan fingerprint density at radius 3 is 2.64 bits per heavy atom. The maximum absolute atomic E-state index is 13.0. The number of benzene rings is 1. The van der Waals surface area contributed by atoms with Crippen molar-refractivity contribution in [2.24, 2.45) is 5.16 Å². The molecule has 9 heteroatoms. The Bertz CT molecular complexity index is 770. The molecule has 0 saturated heterocycles. The predicted molar refractivity (Wildman–Crippen MR) is 76.2 cm³/mol. The fraction of sp³-hybridized carbons (Fsp3) is 0.231. The summed E-state index contributed by atoms with van der Waals surface area (Å²) >= 11 is 0.618. The second-order valence-electron chi connectivity index (χ2n) is 4.03. The Kier molecular flexibility index (Phi) is 4.65. The molecule has 0 radical (unpaired) electrons. The molecule has 0 saturated carbocycles. The highest BCUT2D eigenvalue weighted by atomic mass is 32.2. The van der Waals surface area contributed by atoms with Crippen molar-refractivity contribution >= 4 is 28.7 Å². The Morgan fingerprint density at radius 2 is 2.05 bits per heavy atom. The van der Waals surface area contributed by atoms with Crippen LogP contribution in [-0.4, -0.2) is 25.3 Å². The van der Waals surface area contributed by atoms with Crippen LogP contribution in [0.1, 0.15) is 5.56 Å². The van der Waals surface area contributed by atoms with Crippen LogP contribution in [0, 0.1) is 0 Å². The van der Waals surface area contributed by atoms with Gasteiger partial charge in [-0.25, -0.2) is 4.79 Å². The molecule has 5 nitrogen and oxygen atoms in total. The average Bonchev–Trinajstić information content (AvgIpc) is 2.46. The summed E-state index contributed by atoms with van der Waals surface area (Å²) in [5.41, 5.74) is -3.23. The first-order valence-corrected chi connectivity index (χ1v) is 6.99. The average molecular weight is 333 g/mol. The molecule has 0 amide bonds. The van der Waals surface area contributed by atoms with E-state index in [9.17, 15) is 18.0 Å². The van der Waals surface area contributed by atoms with E-state index in [4.69, 9.17) is 9.15 Å². The summed E-state index contributed by atoms with van der Waals surface area (Å²) in [4.78, 5) is 11.8. The highest BCUT2D eigenvalue weighted by Gasteiger charge is 2.40. The lowest BCUT2D eigenvalue weighted by atomic mass is 10.1. The molecule has 2 rings (SSSR count). The number of halogens is 3. The smallest absolute Gasteiger partial charge is 0.437 e. The third-order valence-electron chi connectivity index (χ3n) is 2.67. The summed E-state index contributed by atoms with van der Waals surface area (Å²) in [7, 11) is 1.42. The van der Waals surface area contributed by atoms with E-state index >= 15 is 0 Å². The number of nitrogens with zero attached hydrogens (tertiary/aromatic N) is 1. The fourth-order valence-electron chi connectivity index (χ4n) is 1.71. The van der Waals surface area contributed by atoms with Crippen LogP contribution in [0.2, 0.25) is 0 Å². The normalized spacial score (nSPS) is 12.5. The number of hydrogen-bond donors (Lipinski definition) is 0. The maximum atomic E-state index is 13.0. The molecule has 1 aromatic heterocycles. The van der Waals surface area contributed by atoms with Gasteiger partial charge < -0.3 is 13.4 Å². The van der Waals surface area contributed by atoms with Crippen molar-refractivity contribution in [1.82, 2.24) is 0 Å². The van der Waals surface area contributed by atoms with Crippen molar-refractivity contribution in [3.05, 3.63) is 40.2 Å². The zero-order valence-corrected chi connectivity index (χ0v) is 12.2. The fourth-order valence-corrected chi connectivity index (χ4v) is 1.86. The third kappa shape index (κ3) is 3.35. The molecule has 22 heavy (non-hydrogen) atoms. The Labute approximate surface area is 126 Å². The Hall–Kier alpha value is -2.16. The first-order valence-electron chi connectivity index (χ1n) is 5.84. The predicted octanol–water partition coefficient (Wildman–Crippen LogP) is 3.36. The lowest BCUT2D eigenvalue weighted by Crippen LogP contribution is -2.29. The van der Waals surface area contributed by atoms with E-state index in [0.29, 0.717) is 23.2 Å².